The number of rotatable bonds is 6. The topological polar surface area (TPSA) is 73.6 Å². The Balaban J connectivity index is 0.00000264. The van der Waals surface area contributed by atoms with E-state index in [0.29, 0.717) is 19.8 Å². The fourth-order valence-electron chi connectivity index (χ4n) is 2.60. The summed E-state index contributed by atoms with van der Waals surface area (Å²) in [4.78, 5) is 12.1. The van der Waals surface area contributed by atoms with E-state index >= 15 is 0 Å². The molecule has 1 fully saturated rings. The van der Waals surface area contributed by atoms with Crippen LogP contribution in [0.2, 0.25) is 0 Å². The van der Waals surface area contributed by atoms with E-state index in [2.05, 4.69) is 5.32 Å². The number of ether oxygens (including phenoxy) is 2. The van der Waals surface area contributed by atoms with Crippen LogP contribution in [0.15, 0.2) is 24.3 Å². The standard InChI is InChI=1S/C17H26N2O3.ClH/c1-12-5-3-4-6-15(12)22-13(2)11-19-17(20)16(18)14-7-9-21-10-8-14;/h3-6,13-14,16H,7-11,18H2,1-2H3,(H,19,20);1H. The second kappa shape index (κ2) is 9.75. The molecule has 0 aromatic heterocycles. The first-order valence-electron chi connectivity index (χ1n) is 7.91. The van der Waals surface area contributed by atoms with Gasteiger partial charge in [-0.3, -0.25) is 4.79 Å². The number of hydrogen-bond donors (Lipinski definition) is 2. The number of nitrogens with one attached hydrogen (secondary N) is 1. The van der Waals surface area contributed by atoms with Crippen LogP contribution < -0.4 is 15.8 Å². The SMILES string of the molecule is Cc1ccccc1OC(C)CNC(=O)C(N)C1CCOCC1.Cl. The van der Waals surface area contributed by atoms with Crippen LogP contribution >= 0.6 is 12.4 Å². The highest BCUT2D eigenvalue weighted by Crippen LogP contribution is 2.18. The minimum Gasteiger partial charge on any atom is -0.489 e. The average molecular weight is 343 g/mol. The number of halogens is 1. The number of hydrogen-bond acceptors (Lipinski definition) is 4. The van der Waals surface area contributed by atoms with E-state index in [1.165, 1.54) is 0 Å². The van der Waals surface area contributed by atoms with Gasteiger partial charge in [0.15, 0.2) is 0 Å². The Morgan fingerprint density at radius 1 is 1.39 bits per heavy atom. The lowest BCUT2D eigenvalue weighted by molar-refractivity contribution is -0.124. The van der Waals surface area contributed by atoms with Crippen LogP contribution in [0.1, 0.15) is 25.3 Å². The zero-order valence-corrected chi connectivity index (χ0v) is 14.6. The van der Waals surface area contributed by atoms with Gasteiger partial charge in [0, 0.05) is 13.2 Å². The van der Waals surface area contributed by atoms with Crippen molar-refractivity contribution in [2.24, 2.45) is 11.7 Å². The van der Waals surface area contributed by atoms with Gasteiger partial charge < -0.3 is 20.5 Å². The number of benzene rings is 1. The van der Waals surface area contributed by atoms with Crippen LogP contribution in [0.5, 0.6) is 5.75 Å². The van der Waals surface area contributed by atoms with Gasteiger partial charge in [-0.1, -0.05) is 18.2 Å². The molecule has 3 N–H and O–H groups in total. The Kier molecular flexibility index (Phi) is 8.37. The first-order chi connectivity index (χ1) is 10.6. The minimum atomic E-state index is -0.463. The molecule has 1 saturated heterocycles. The molecule has 1 aromatic carbocycles. The van der Waals surface area contributed by atoms with Crippen molar-refractivity contribution in [1.82, 2.24) is 5.32 Å². The van der Waals surface area contributed by atoms with E-state index in [-0.39, 0.29) is 30.3 Å². The molecule has 1 aliphatic rings. The molecule has 0 aliphatic carbocycles. The van der Waals surface area contributed by atoms with Crippen LogP contribution in [-0.4, -0.2) is 37.8 Å². The van der Waals surface area contributed by atoms with Crippen molar-refractivity contribution < 1.29 is 14.3 Å². The van der Waals surface area contributed by atoms with Gasteiger partial charge in [0.05, 0.1) is 12.6 Å². The molecule has 0 radical (unpaired) electrons. The summed E-state index contributed by atoms with van der Waals surface area (Å²) in [5.74, 6) is 0.950. The third kappa shape index (κ3) is 6.01. The zero-order valence-electron chi connectivity index (χ0n) is 13.8. The number of aryl methyl sites for hydroxylation is 1. The minimum absolute atomic E-state index is 0. The summed E-state index contributed by atoms with van der Waals surface area (Å²) in [7, 11) is 0. The van der Waals surface area contributed by atoms with Crippen LogP contribution in [0.4, 0.5) is 0 Å². The lowest BCUT2D eigenvalue weighted by Crippen LogP contribution is -2.48. The molecule has 1 aromatic rings. The molecular weight excluding hydrogens is 316 g/mol. The second-order valence-electron chi connectivity index (χ2n) is 5.91. The Morgan fingerprint density at radius 2 is 2.04 bits per heavy atom. The van der Waals surface area contributed by atoms with E-state index in [9.17, 15) is 4.79 Å². The average Bonchev–Trinajstić information content (AvgIpc) is 2.55. The number of nitrogens with two attached hydrogens (primary N) is 1. The molecule has 2 unspecified atom stereocenters. The van der Waals surface area contributed by atoms with E-state index in [1.54, 1.807) is 0 Å². The number of para-hydroxylation sites is 1. The van der Waals surface area contributed by atoms with Crippen molar-refractivity contribution in [3.63, 3.8) is 0 Å². The highest BCUT2D eigenvalue weighted by Gasteiger charge is 2.26. The summed E-state index contributed by atoms with van der Waals surface area (Å²) in [5, 5.41) is 2.89. The molecule has 1 heterocycles. The summed E-state index contributed by atoms with van der Waals surface area (Å²) in [6, 6.07) is 7.38. The number of carbonyl (C=O) groups excluding carboxylic acids is 1. The second-order valence-corrected chi connectivity index (χ2v) is 5.91. The summed E-state index contributed by atoms with van der Waals surface area (Å²) in [6.45, 7) is 5.77. The van der Waals surface area contributed by atoms with Crippen LogP contribution in [0, 0.1) is 12.8 Å². The van der Waals surface area contributed by atoms with Crippen LogP contribution in [0.25, 0.3) is 0 Å². The molecule has 2 rings (SSSR count). The third-order valence-corrected chi connectivity index (χ3v) is 4.06. The molecule has 5 nitrogen and oxygen atoms in total. The molecule has 23 heavy (non-hydrogen) atoms. The molecule has 0 saturated carbocycles. The fraction of sp³-hybridized carbons (Fsp3) is 0.588. The van der Waals surface area contributed by atoms with Gasteiger partial charge >= 0.3 is 0 Å². The van der Waals surface area contributed by atoms with Crippen molar-refractivity contribution in [1.29, 1.82) is 0 Å². The van der Waals surface area contributed by atoms with Crippen molar-refractivity contribution >= 4 is 18.3 Å². The summed E-state index contributed by atoms with van der Waals surface area (Å²) in [6.07, 6.45) is 1.60. The Labute approximate surface area is 144 Å². The monoisotopic (exact) mass is 342 g/mol. The van der Waals surface area contributed by atoms with Crippen molar-refractivity contribution in [2.45, 2.75) is 38.8 Å². The predicted molar refractivity (Wildman–Crippen MR) is 93.0 cm³/mol. The molecule has 6 heteroatoms. The lowest BCUT2D eigenvalue weighted by atomic mass is 9.92. The van der Waals surface area contributed by atoms with Crippen molar-refractivity contribution in [3.8, 4) is 5.75 Å². The number of amides is 1. The van der Waals surface area contributed by atoms with E-state index < -0.39 is 6.04 Å². The predicted octanol–water partition coefficient (Wildman–Crippen LogP) is 2.05. The highest BCUT2D eigenvalue weighted by molar-refractivity contribution is 5.85. The third-order valence-electron chi connectivity index (χ3n) is 4.06. The van der Waals surface area contributed by atoms with Gasteiger partial charge in [-0.25, -0.2) is 0 Å². The van der Waals surface area contributed by atoms with Crippen LogP contribution in [-0.2, 0) is 9.53 Å². The van der Waals surface area contributed by atoms with E-state index in [1.807, 2.05) is 38.1 Å². The maximum absolute atomic E-state index is 12.1. The van der Waals surface area contributed by atoms with E-state index in [4.69, 9.17) is 15.2 Å². The van der Waals surface area contributed by atoms with Gasteiger partial charge in [0.25, 0.3) is 0 Å². The van der Waals surface area contributed by atoms with E-state index in [0.717, 1.165) is 24.2 Å². The largest absolute Gasteiger partial charge is 0.489 e. The smallest absolute Gasteiger partial charge is 0.237 e. The molecule has 1 amide bonds. The molecule has 1 aliphatic heterocycles. The van der Waals surface area contributed by atoms with Gasteiger partial charge in [-0.05, 0) is 44.2 Å². The van der Waals surface area contributed by atoms with Crippen molar-refractivity contribution in [2.75, 3.05) is 19.8 Å². The maximum atomic E-state index is 12.1. The summed E-state index contributed by atoms with van der Waals surface area (Å²) < 4.78 is 11.1. The summed E-state index contributed by atoms with van der Waals surface area (Å²) >= 11 is 0. The Bertz CT molecular complexity index is 492. The maximum Gasteiger partial charge on any atom is 0.237 e. The van der Waals surface area contributed by atoms with Gasteiger partial charge in [-0.2, -0.15) is 0 Å². The molecule has 130 valence electrons. The van der Waals surface area contributed by atoms with Gasteiger partial charge in [0.2, 0.25) is 5.91 Å². The quantitative estimate of drug-likeness (QED) is 0.830. The Morgan fingerprint density at radius 3 is 2.70 bits per heavy atom. The highest BCUT2D eigenvalue weighted by atomic mass is 35.5. The molecule has 0 spiro atoms. The van der Waals surface area contributed by atoms with Gasteiger partial charge in [0.1, 0.15) is 11.9 Å². The Hall–Kier alpha value is -1.30. The van der Waals surface area contributed by atoms with Gasteiger partial charge in [-0.15, -0.1) is 12.4 Å². The normalized spacial score (nSPS) is 17.7. The lowest BCUT2D eigenvalue weighted by Gasteiger charge is -2.27. The molecular formula is C17H27ClN2O3. The summed E-state index contributed by atoms with van der Waals surface area (Å²) in [5.41, 5.74) is 7.13. The zero-order chi connectivity index (χ0) is 15.9. The number of carbonyl (C=O) groups is 1. The fourth-order valence-corrected chi connectivity index (χ4v) is 2.60. The van der Waals surface area contributed by atoms with Crippen molar-refractivity contribution in [3.05, 3.63) is 29.8 Å². The van der Waals surface area contributed by atoms with Crippen LogP contribution in [0.3, 0.4) is 0 Å². The molecule has 0 bridgehead atoms. The molecule has 2 atom stereocenters. The first kappa shape index (κ1) is 19.7. The first-order valence-corrected chi connectivity index (χ1v) is 7.91.